The molecule has 0 saturated carbocycles. The first-order valence-electron chi connectivity index (χ1n) is 7.79. The molecule has 8 heteroatoms. The third-order valence-electron chi connectivity index (χ3n) is 3.98. The zero-order valence-electron chi connectivity index (χ0n) is 14.0. The molecule has 1 aromatic carbocycles. The lowest BCUT2D eigenvalue weighted by Crippen LogP contribution is -2.36. The monoisotopic (exact) mass is 361 g/mol. The van der Waals surface area contributed by atoms with E-state index >= 15 is 0 Å². The van der Waals surface area contributed by atoms with Gasteiger partial charge < -0.3 is 14.4 Å². The van der Waals surface area contributed by atoms with E-state index < -0.39 is 0 Å². The van der Waals surface area contributed by atoms with Crippen LogP contribution in [-0.2, 0) is 11.3 Å². The fourth-order valence-corrected chi connectivity index (χ4v) is 4.03. The summed E-state index contributed by atoms with van der Waals surface area (Å²) in [7, 11) is 3.20. The van der Waals surface area contributed by atoms with Crippen LogP contribution in [0.25, 0.3) is 0 Å². The third-order valence-corrected chi connectivity index (χ3v) is 5.23. The van der Waals surface area contributed by atoms with Crippen LogP contribution in [0, 0.1) is 0 Å². The molecule has 0 N–H and O–H groups in total. The van der Waals surface area contributed by atoms with Gasteiger partial charge in [0.05, 0.1) is 14.2 Å². The minimum absolute atomic E-state index is 0.0803. The molecule has 0 bridgehead atoms. The molecule has 1 aliphatic heterocycles. The molecule has 0 radical (unpaired) electrons. The molecule has 1 aliphatic rings. The van der Waals surface area contributed by atoms with Crippen molar-refractivity contribution in [1.82, 2.24) is 14.7 Å². The number of rotatable bonds is 5. The maximum Gasteiger partial charge on any atom is 0.267 e. The topological polar surface area (TPSA) is 73.7 Å². The number of thioether (sulfide) groups is 1. The first-order chi connectivity index (χ1) is 12.1. The van der Waals surface area contributed by atoms with Gasteiger partial charge in [-0.3, -0.25) is 9.59 Å². The standard InChI is InChI=1S/C17H19N3O4S/c1-23-12-5-6-14(24-2)13(10-12)17-19(8-9-25-17)16(22)11-20-15(21)4-3-7-18-20/h3-7,10,17H,8-9,11H2,1-2H3. The number of carbonyl (C=O) groups is 1. The van der Waals surface area contributed by atoms with Crippen LogP contribution < -0.4 is 15.0 Å². The number of nitrogens with zero attached hydrogens (tertiary/aromatic N) is 3. The van der Waals surface area contributed by atoms with Crippen molar-refractivity contribution in [2.45, 2.75) is 11.9 Å². The molecular weight excluding hydrogens is 342 g/mol. The maximum absolute atomic E-state index is 12.7. The van der Waals surface area contributed by atoms with E-state index in [1.165, 1.54) is 16.9 Å². The van der Waals surface area contributed by atoms with Gasteiger partial charge in [0, 0.05) is 30.1 Å². The summed E-state index contributed by atoms with van der Waals surface area (Å²) in [5, 5.41) is 3.77. The lowest BCUT2D eigenvalue weighted by molar-refractivity contribution is -0.132. The molecule has 2 heterocycles. The van der Waals surface area contributed by atoms with E-state index in [1.54, 1.807) is 36.9 Å². The highest BCUT2D eigenvalue weighted by Gasteiger charge is 2.33. The van der Waals surface area contributed by atoms with Gasteiger partial charge in [-0.2, -0.15) is 5.10 Å². The highest BCUT2D eigenvalue weighted by atomic mass is 32.2. The molecular formula is C17H19N3O4S. The fraction of sp³-hybridized carbons (Fsp3) is 0.353. The van der Waals surface area contributed by atoms with Crippen LogP contribution in [0.1, 0.15) is 10.9 Å². The molecule has 7 nitrogen and oxygen atoms in total. The van der Waals surface area contributed by atoms with Gasteiger partial charge in [0.15, 0.2) is 0 Å². The van der Waals surface area contributed by atoms with Crippen LogP contribution in [0.4, 0.5) is 0 Å². The van der Waals surface area contributed by atoms with E-state index in [9.17, 15) is 9.59 Å². The van der Waals surface area contributed by atoms with Crippen LogP contribution >= 0.6 is 11.8 Å². The predicted octanol–water partition coefficient (Wildman–Crippen LogP) is 1.53. The number of hydrogen-bond acceptors (Lipinski definition) is 6. The lowest BCUT2D eigenvalue weighted by Gasteiger charge is -2.25. The molecule has 0 spiro atoms. The average Bonchev–Trinajstić information content (AvgIpc) is 3.12. The number of carbonyl (C=O) groups excluding carboxylic acids is 1. The van der Waals surface area contributed by atoms with Crippen molar-refractivity contribution in [3.8, 4) is 11.5 Å². The second-order valence-electron chi connectivity index (χ2n) is 5.44. The van der Waals surface area contributed by atoms with E-state index in [-0.39, 0.29) is 23.4 Å². The molecule has 1 unspecified atom stereocenters. The zero-order valence-corrected chi connectivity index (χ0v) is 14.9. The number of hydrogen-bond donors (Lipinski definition) is 0. The summed E-state index contributed by atoms with van der Waals surface area (Å²) in [6.07, 6.45) is 1.50. The molecule has 1 fully saturated rings. The fourth-order valence-electron chi connectivity index (χ4n) is 2.74. The van der Waals surface area contributed by atoms with Crippen molar-refractivity contribution in [3.05, 3.63) is 52.4 Å². The smallest absolute Gasteiger partial charge is 0.267 e. The van der Waals surface area contributed by atoms with Crippen LogP contribution in [-0.4, -0.2) is 47.1 Å². The van der Waals surface area contributed by atoms with Crippen LogP contribution in [0.5, 0.6) is 11.5 Å². The normalized spacial score (nSPS) is 16.7. The second kappa shape index (κ2) is 7.60. The summed E-state index contributed by atoms with van der Waals surface area (Å²) in [4.78, 5) is 26.3. The Bertz CT molecular complexity index is 824. The highest BCUT2D eigenvalue weighted by Crippen LogP contribution is 2.43. The Morgan fingerprint density at radius 3 is 2.88 bits per heavy atom. The van der Waals surface area contributed by atoms with Crippen molar-refractivity contribution in [3.63, 3.8) is 0 Å². The molecule has 25 heavy (non-hydrogen) atoms. The number of aromatic nitrogens is 2. The highest BCUT2D eigenvalue weighted by molar-refractivity contribution is 7.99. The summed E-state index contributed by atoms with van der Waals surface area (Å²) >= 11 is 1.66. The van der Waals surface area contributed by atoms with E-state index in [4.69, 9.17) is 9.47 Å². The van der Waals surface area contributed by atoms with E-state index in [1.807, 2.05) is 18.2 Å². The number of benzene rings is 1. The summed E-state index contributed by atoms with van der Waals surface area (Å²) < 4.78 is 11.9. The number of amides is 1. The Balaban J connectivity index is 1.86. The summed E-state index contributed by atoms with van der Waals surface area (Å²) in [5.41, 5.74) is 0.587. The predicted molar refractivity (Wildman–Crippen MR) is 95.0 cm³/mol. The molecule has 1 aromatic heterocycles. The van der Waals surface area contributed by atoms with Crippen molar-refractivity contribution < 1.29 is 14.3 Å². The SMILES string of the molecule is COc1ccc(OC)c(C2SCCN2C(=O)Cn2ncccc2=O)c1. The van der Waals surface area contributed by atoms with Gasteiger partial charge >= 0.3 is 0 Å². The Morgan fingerprint density at radius 2 is 2.16 bits per heavy atom. The summed E-state index contributed by atoms with van der Waals surface area (Å²) in [6.45, 7) is 0.527. The zero-order chi connectivity index (χ0) is 17.8. The van der Waals surface area contributed by atoms with Gasteiger partial charge in [-0.25, -0.2) is 4.68 Å². The molecule has 1 atom stereocenters. The Morgan fingerprint density at radius 1 is 1.32 bits per heavy atom. The maximum atomic E-state index is 12.7. The number of methoxy groups -OCH3 is 2. The summed E-state index contributed by atoms with van der Waals surface area (Å²) in [5.74, 6) is 2.07. The second-order valence-corrected chi connectivity index (χ2v) is 6.63. The van der Waals surface area contributed by atoms with Gasteiger partial charge in [-0.05, 0) is 24.3 Å². The molecule has 0 aliphatic carbocycles. The first-order valence-corrected chi connectivity index (χ1v) is 8.84. The van der Waals surface area contributed by atoms with Crippen molar-refractivity contribution in [2.75, 3.05) is 26.5 Å². The molecule has 1 amide bonds. The van der Waals surface area contributed by atoms with Gasteiger partial charge in [0.1, 0.15) is 23.4 Å². The average molecular weight is 361 g/mol. The Labute approximate surface area is 149 Å². The minimum atomic E-state index is -0.293. The van der Waals surface area contributed by atoms with Crippen molar-refractivity contribution in [2.24, 2.45) is 0 Å². The quantitative estimate of drug-likeness (QED) is 0.804. The summed E-state index contributed by atoms with van der Waals surface area (Å²) in [6, 6.07) is 8.48. The molecule has 2 aromatic rings. The first kappa shape index (κ1) is 17.3. The Kier molecular flexibility index (Phi) is 5.28. The van der Waals surface area contributed by atoms with Gasteiger partial charge in [0.25, 0.3) is 5.56 Å². The van der Waals surface area contributed by atoms with Crippen molar-refractivity contribution in [1.29, 1.82) is 0 Å². The van der Waals surface area contributed by atoms with Crippen LogP contribution in [0.2, 0.25) is 0 Å². The van der Waals surface area contributed by atoms with Crippen molar-refractivity contribution >= 4 is 17.7 Å². The van der Waals surface area contributed by atoms with Gasteiger partial charge in [-0.1, -0.05) is 0 Å². The van der Waals surface area contributed by atoms with Gasteiger partial charge in [0.2, 0.25) is 5.91 Å². The van der Waals surface area contributed by atoms with E-state index in [0.717, 1.165) is 11.3 Å². The van der Waals surface area contributed by atoms with E-state index in [2.05, 4.69) is 5.10 Å². The van der Waals surface area contributed by atoms with Crippen LogP contribution in [0.15, 0.2) is 41.3 Å². The van der Waals surface area contributed by atoms with Gasteiger partial charge in [-0.15, -0.1) is 11.8 Å². The largest absolute Gasteiger partial charge is 0.497 e. The third kappa shape index (κ3) is 3.63. The lowest BCUT2D eigenvalue weighted by atomic mass is 10.1. The molecule has 1 saturated heterocycles. The molecule has 3 rings (SSSR count). The minimum Gasteiger partial charge on any atom is -0.497 e. The Hall–Kier alpha value is -2.48. The van der Waals surface area contributed by atoms with Crippen LogP contribution in [0.3, 0.4) is 0 Å². The number of ether oxygens (including phenoxy) is 2. The van der Waals surface area contributed by atoms with E-state index in [0.29, 0.717) is 18.0 Å². The molecule has 132 valence electrons.